The molecule has 6 heteroatoms. The zero-order valence-electron chi connectivity index (χ0n) is 20.5. The quantitative estimate of drug-likeness (QED) is 0.446. The molecule has 35 heavy (non-hydrogen) atoms. The fourth-order valence-corrected chi connectivity index (χ4v) is 4.92. The standard InChI is InChI=1S/C29H33N3O3/c1-3-24(28(34)30-4-2)31(20-18-21-11-6-5-7-12-21)26(33)17-10-19-32-25-16-9-14-22-13-8-15-23(27(22)25)29(32)35/h5-9,11-16,24H,3-4,10,17-20H2,1-2H3,(H,30,34)/t24-/m0/s1. The third-order valence-electron chi connectivity index (χ3n) is 6.64. The van der Waals surface area contributed by atoms with Crippen molar-refractivity contribution in [3.8, 4) is 0 Å². The molecular formula is C29H33N3O3. The molecule has 0 saturated heterocycles. The highest BCUT2D eigenvalue weighted by Gasteiger charge is 2.31. The Morgan fingerprint density at radius 3 is 2.43 bits per heavy atom. The van der Waals surface area contributed by atoms with E-state index in [-0.39, 0.29) is 24.1 Å². The maximum absolute atomic E-state index is 13.4. The molecule has 0 unspecified atom stereocenters. The van der Waals surface area contributed by atoms with Crippen molar-refractivity contribution in [3.05, 3.63) is 77.9 Å². The largest absolute Gasteiger partial charge is 0.355 e. The molecule has 0 fully saturated rings. The van der Waals surface area contributed by atoms with Crippen molar-refractivity contribution in [1.29, 1.82) is 0 Å². The number of benzene rings is 3. The molecule has 6 nitrogen and oxygen atoms in total. The Balaban J connectivity index is 1.44. The third kappa shape index (κ3) is 5.21. The van der Waals surface area contributed by atoms with Gasteiger partial charge in [-0.2, -0.15) is 0 Å². The van der Waals surface area contributed by atoms with E-state index in [1.54, 1.807) is 9.80 Å². The highest BCUT2D eigenvalue weighted by molar-refractivity contribution is 6.25. The van der Waals surface area contributed by atoms with Crippen LogP contribution in [0.5, 0.6) is 0 Å². The molecule has 1 N–H and O–H groups in total. The van der Waals surface area contributed by atoms with Gasteiger partial charge in [-0.05, 0) is 49.3 Å². The molecule has 182 valence electrons. The number of rotatable bonds is 11. The molecule has 0 saturated carbocycles. The molecule has 4 rings (SSSR count). The average Bonchev–Trinajstić information content (AvgIpc) is 3.15. The summed E-state index contributed by atoms with van der Waals surface area (Å²) in [4.78, 5) is 42.7. The van der Waals surface area contributed by atoms with Crippen LogP contribution >= 0.6 is 0 Å². The van der Waals surface area contributed by atoms with E-state index in [4.69, 9.17) is 0 Å². The van der Waals surface area contributed by atoms with Crippen molar-refractivity contribution in [3.63, 3.8) is 0 Å². The van der Waals surface area contributed by atoms with Gasteiger partial charge >= 0.3 is 0 Å². The van der Waals surface area contributed by atoms with Gasteiger partial charge in [0.1, 0.15) is 6.04 Å². The first kappa shape index (κ1) is 24.5. The summed E-state index contributed by atoms with van der Waals surface area (Å²) in [5, 5.41) is 4.90. The van der Waals surface area contributed by atoms with Crippen LogP contribution in [0.2, 0.25) is 0 Å². The monoisotopic (exact) mass is 471 g/mol. The Hall–Kier alpha value is -3.67. The fourth-order valence-electron chi connectivity index (χ4n) is 4.92. The fraction of sp³-hybridized carbons (Fsp3) is 0.345. The van der Waals surface area contributed by atoms with Crippen LogP contribution in [-0.4, -0.2) is 48.3 Å². The van der Waals surface area contributed by atoms with Gasteiger partial charge in [-0.3, -0.25) is 14.4 Å². The minimum Gasteiger partial charge on any atom is -0.355 e. The summed E-state index contributed by atoms with van der Waals surface area (Å²) in [6, 6.07) is 21.2. The van der Waals surface area contributed by atoms with Gasteiger partial charge in [0.15, 0.2) is 0 Å². The van der Waals surface area contributed by atoms with Crippen LogP contribution in [0.1, 0.15) is 49.0 Å². The van der Waals surface area contributed by atoms with E-state index >= 15 is 0 Å². The van der Waals surface area contributed by atoms with Gasteiger partial charge in [0.25, 0.3) is 5.91 Å². The molecule has 1 atom stereocenters. The van der Waals surface area contributed by atoms with Gasteiger partial charge in [0.2, 0.25) is 11.8 Å². The van der Waals surface area contributed by atoms with E-state index in [2.05, 4.69) is 5.32 Å². The molecule has 3 aromatic carbocycles. The first-order chi connectivity index (χ1) is 17.0. The Labute approximate surface area is 206 Å². The van der Waals surface area contributed by atoms with Crippen molar-refractivity contribution in [2.45, 2.75) is 45.6 Å². The third-order valence-corrected chi connectivity index (χ3v) is 6.64. The van der Waals surface area contributed by atoms with Crippen LogP contribution in [0.15, 0.2) is 66.7 Å². The second-order valence-electron chi connectivity index (χ2n) is 8.88. The summed E-state index contributed by atoms with van der Waals surface area (Å²) in [5.41, 5.74) is 2.76. The number of hydrogen-bond donors (Lipinski definition) is 1. The normalized spacial score (nSPS) is 13.2. The Morgan fingerprint density at radius 1 is 0.971 bits per heavy atom. The summed E-state index contributed by atoms with van der Waals surface area (Å²) in [6.07, 6.45) is 2.04. The van der Waals surface area contributed by atoms with Gasteiger partial charge in [0, 0.05) is 37.0 Å². The molecule has 0 bridgehead atoms. The van der Waals surface area contributed by atoms with Crippen molar-refractivity contribution in [1.82, 2.24) is 10.2 Å². The zero-order chi connectivity index (χ0) is 24.8. The van der Waals surface area contributed by atoms with Crippen LogP contribution < -0.4 is 10.2 Å². The average molecular weight is 472 g/mol. The second kappa shape index (κ2) is 11.2. The lowest BCUT2D eigenvalue weighted by molar-refractivity contribution is -0.140. The van der Waals surface area contributed by atoms with Crippen LogP contribution in [0.25, 0.3) is 10.8 Å². The maximum Gasteiger partial charge on any atom is 0.258 e. The Kier molecular flexibility index (Phi) is 7.80. The summed E-state index contributed by atoms with van der Waals surface area (Å²) >= 11 is 0. The highest BCUT2D eigenvalue weighted by Crippen LogP contribution is 2.37. The van der Waals surface area contributed by atoms with Crippen molar-refractivity contribution >= 4 is 34.2 Å². The number of carbonyl (C=O) groups excluding carboxylic acids is 3. The molecule has 0 radical (unpaired) electrons. The first-order valence-electron chi connectivity index (χ1n) is 12.5. The summed E-state index contributed by atoms with van der Waals surface area (Å²) in [5.74, 6) is -0.186. The van der Waals surface area contributed by atoms with Gasteiger partial charge in [-0.25, -0.2) is 0 Å². The number of hydrogen-bond acceptors (Lipinski definition) is 3. The SMILES string of the molecule is CCNC(=O)[C@H](CC)N(CCc1ccccc1)C(=O)CCCN1C(=O)c2cccc3cccc1c23. The molecule has 0 aliphatic carbocycles. The molecule has 0 spiro atoms. The highest BCUT2D eigenvalue weighted by atomic mass is 16.2. The number of likely N-dealkylation sites (N-methyl/N-ethyl adjacent to an activating group) is 1. The van der Waals surface area contributed by atoms with Crippen molar-refractivity contribution in [2.75, 3.05) is 24.5 Å². The lowest BCUT2D eigenvalue weighted by atomic mass is 10.1. The molecule has 1 aliphatic heterocycles. The molecule has 1 aliphatic rings. The lowest BCUT2D eigenvalue weighted by Gasteiger charge is -2.31. The number of anilines is 1. The van der Waals surface area contributed by atoms with Crippen molar-refractivity contribution in [2.24, 2.45) is 0 Å². The molecule has 3 amide bonds. The topological polar surface area (TPSA) is 69.7 Å². The van der Waals surface area contributed by atoms with Crippen LogP contribution in [0.3, 0.4) is 0 Å². The molecular weight excluding hydrogens is 438 g/mol. The minimum absolute atomic E-state index is 0.0149. The summed E-state index contributed by atoms with van der Waals surface area (Å²) in [6.45, 7) is 5.28. The van der Waals surface area contributed by atoms with Gasteiger partial charge in [-0.15, -0.1) is 0 Å². The van der Waals surface area contributed by atoms with E-state index in [0.29, 0.717) is 38.9 Å². The number of amides is 3. The van der Waals surface area contributed by atoms with E-state index in [0.717, 1.165) is 27.6 Å². The number of nitrogens with zero attached hydrogens (tertiary/aromatic N) is 2. The van der Waals surface area contributed by atoms with Crippen LogP contribution in [0.4, 0.5) is 5.69 Å². The number of nitrogens with one attached hydrogen (secondary N) is 1. The van der Waals surface area contributed by atoms with Gasteiger partial charge in [0.05, 0.1) is 5.69 Å². The second-order valence-corrected chi connectivity index (χ2v) is 8.88. The minimum atomic E-state index is -0.502. The Bertz CT molecular complexity index is 1200. The first-order valence-corrected chi connectivity index (χ1v) is 12.5. The van der Waals surface area contributed by atoms with E-state index in [1.807, 2.05) is 80.6 Å². The predicted octanol–water partition coefficient (Wildman–Crippen LogP) is 4.57. The molecule has 3 aromatic rings. The zero-order valence-corrected chi connectivity index (χ0v) is 20.5. The van der Waals surface area contributed by atoms with Crippen molar-refractivity contribution < 1.29 is 14.4 Å². The molecule has 0 aromatic heterocycles. The lowest BCUT2D eigenvalue weighted by Crippen LogP contribution is -2.50. The summed E-state index contributed by atoms with van der Waals surface area (Å²) < 4.78 is 0. The van der Waals surface area contributed by atoms with E-state index in [1.165, 1.54) is 0 Å². The number of carbonyl (C=O) groups is 3. The van der Waals surface area contributed by atoms with Crippen LogP contribution in [0, 0.1) is 0 Å². The van der Waals surface area contributed by atoms with E-state index in [9.17, 15) is 14.4 Å². The predicted molar refractivity (Wildman–Crippen MR) is 139 cm³/mol. The van der Waals surface area contributed by atoms with Gasteiger partial charge < -0.3 is 15.1 Å². The summed E-state index contributed by atoms with van der Waals surface area (Å²) in [7, 11) is 0. The smallest absolute Gasteiger partial charge is 0.258 e. The van der Waals surface area contributed by atoms with Gasteiger partial charge in [-0.1, -0.05) is 61.5 Å². The molecule has 1 heterocycles. The Morgan fingerprint density at radius 2 is 1.71 bits per heavy atom. The maximum atomic E-state index is 13.4. The van der Waals surface area contributed by atoms with E-state index < -0.39 is 6.04 Å². The van der Waals surface area contributed by atoms with Crippen LogP contribution in [-0.2, 0) is 16.0 Å².